The van der Waals surface area contributed by atoms with Crippen LogP contribution < -0.4 is 5.32 Å². The maximum absolute atomic E-state index is 12.3. The number of piperidine rings is 1. The molecule has 4 nitrogen and oxygen atoms in total. The first kappa shape index (κ1) is 11.9. The average molecular weight is 233 g/mol. The van der Waals surface area contributed by atoms with E-state index in [4.69, 9.17) is 0 Å². The topological polar surface area (TPSA) is 45.2 Å². The number of pyridine rings is 1. The molecular formula is C13H19N3O. The highest BCUT2D eigenvalue weighted by atomic mass is 16.2. The monoisotopic (exact) mass is 233 g/mol. The van der Waals surface area contributed by atoms with Gasteiger partial charge in [-0.15, -0.1) is 0 Å². The van der Waals surface area contributed by atoms with Crippen LogP contribution in [0.4, 0.5) is 5.69 Å². The first-order valence-electron chi connectivity index (χ1n) is 6.17. The van der Waals surface area contributed by atoms with Gasteiger partial charge in [-0.05, 0) is 38.3 Å². The molecule has 0 aromatic carbocycles. The quantitative estimate of drug-likeness (QED) is 0.851. The van der Waals surface area contributed by atoms with Gasteiger partial charge in [0, 0.05) is 19.6 Å². The van der Waals surface area contributed by atoms with Crippen LogP contribution in [0.1, 0.15) is 36.7 Å². The Balaban J connectivity index is 2.12. The number of carbonyl (C=O) groups excluding carboxylic acids is 1. The van der Waals surface area contributed by atoms with Crippen molar-refractivity contribution >= 4 is 11.6 Å². The number of likely N-dealkylation sites (tertiary alicyclic amines) is 1. The van der Waals surface area contributed by atoms with Crippen molar-refractivity contribution < 1.29 is 4.79 Å². The zero-order chi connectivity index (χ0) is 12.3. The van der Waals surface area contributed by atoms with Gasteiger partial charge in [0.05, 0.1) is 11.9 Å². The molecule has 1 amide bonds. The molecule has 2 rings (SSSR count). The predicted octanol–water partition coefficient (Wildman–Crippen LogP) is 2.14. The van der Waals surface area contributed by atoms with E-state index in [0.29, 0.717) is 11.7 Å². The lowest BCUT2D eigenvalue weighted by molar-refractivity contribution is 0.0629. The average Bonchev–Trinajstić information content (AvgIpc) is 2.39. The summed E-state index contributed by atoms with van der Waals surface area (Å²) in [5.74, 6) is 0.0554. The number of amides is 1. The van der Waals surface area contributed by atoms with Gasteiger partial charge in [-0.2, -0.15) is 0 Å². The second-order valence-corrected chi connectivity index (χ2v) is 4.53. The third-order valence-electron chi connectivity index (χ3n) is 3.34. The van der Waals surface area contributed by atoms with E-state index in [9.17, 15) is 4.79 Å². The maximum Gasteiger partial charge on any atom is 0.272 e. The number of aromatic nitrogens is 1. The van der Waals surface area contributed by atoms with E-state index in [1.54, 1.807) is 12.3 Å². The molecule has 1 aliphatic rings. The molecule has 0 radical (unpaired) electrons. The molecule has 1 atom stereocenters. The van der Waals surface area contributed by atoms with E-state index in [1.165, 1.54) is 6.42 Å². The summed E-state index contributed by atoms with van der Waals surface area (Å²) in [7, 11) is 1.84. The molecule has 1 aromatic rings. The predicted molar refractivity (Wildman–Crippen MR) is 68.1 cm³/mol. The minimum absolute atomic E-state index is 0.0554. The summed E-state index contributed by atoms with van der Waals surface area (Å²) in [6, 6.07) is 4.01. The fourth-order valence-electron chi connectivity index (χ4n) is 2.22. The smallest absolute Gasteiger partial charge is 0.272 e. The molecule has 0 saturated carbocycles. The number of hydrogen-bond donors (Lipinski definition) is 1. The van der Waals surface area contributed by atoms with Crippen molar-refractivity contribution in [2.45, 2.75) is 32.2 Å². The Labute approximate surface area is 102 Å². The van der Waals surface area contributed by atoms with Crippen LogP contribution in [0, 0.1) is 0 Å². The first-order valence-corrected chi connectivity index (χ1v) is 6.17. The molecule has 1 N–H and O–H groups in total. The van der Waals surface area contributed by atoms with Gasteiger partial charge in [0.15, 0.2) is 0 Å². The van der Waals surface area contributed by atoms with Gasteiger partial charge in [-0.25, -0.2) is 4.98 Å². The number of nitrogens with one attached hydrogen (secondary N) is 1. The summed E-state index contributed by atoms with van der Waals surface area (Å²) in [4.78, 5) is 18.4. The summed E-state index contributed by atoms with van der Waals surface area (Å²) in [5.41, 5.74) is 1.46. The Hall–Kier alpha value is -1.58. The Morgan fingerprint density at radius 3 is 2.88 bits per heavy atom. The summed E-state index contributed by atoms with van der Waals surface area (Å²) in [6.07, 6.45) is 5.12. The van der Waals surface area contributed by atoms with Gasteiger partial charge >= 0.3 is 0 Å². The molecule has 0 spiro atoms. The first-order chi connectivity index (χ1) is 8.22. The Morgan fingerprint density at radius 2 is 2.29 bits per heavy atom. The van der Waals surface area contributed by atoms with Crippen molar-refractivity contribution in [3.05, 3.63) is 24.0 Å². The molecule has 92 valence electrons. The van der Waals surface area contributed by atoms with Crippen LogP contribution in [0.3, 0.4) is 0 Å². The second kappa shape index (κ2) is 5.17. The third kappa shape index (κ3) is 2.57. The highest BCUT2D eigenvalue weighted by Crippen LogP contribution is 2.18. The van der Waals surface area contributed by atoms with Crippen LogP contribution in [-0.4, -0.2) is 35.4 Å². The van der Waals surface area contributed by atoms with Crippen LogP contribution in [0.25, 0.3) is 0 Å². The number of rotatable bonds is 2. The number of hydrogen-bond acceptors (Lipinski definition) is 3. The normalized spacial score (nSPS) is 20.1. The summed E-state index contributed by atoms with van der Waals surface area (Å²) < 4.78 is 0. The van der Waals surface area contributed by atoms with Crippen molar-refractivity contribution in [3.63, 3.8) is 0 Å². The van der Waals surface area contributed by atoms with Crippen LogP contribution in [-0.2, 0) is 0 Å². The van der Waals surface area contributed by atoms with Crippen molar-refractivity contribution in [1.29, 1.82) is 0 Å². The van der Waals surface area contributed by atoms with E-state index in [0.717, 1.165) is 25.1 Å². The van der Waals surface area contributed by atoms with Gasteiger partial charge in [-0.3, -0.25) is 4.79 Å². The van der Waals surface area contributed by atoms with E-state index >= 15 is 0 Å². The molecule has 1 aliphatic heterocycles. The van der Waals surface area contributed by atoms with Gasteiger partial charge in [0.2, 0.25) is 0 Å². The number of carbonyl (C=O) groups is 1. The summed E-state index contributed by atoms with van der Waals surface area (Å²) >= 11 is 0. The Morgan fingerprint density at radius 1 is 1.47 bits per heavy atom. The maximum atomic E-state index is 12.3. The van der Waals surface area contributed by atoms with Crippen molar-refractivity contribution in [3.8, 4) is 0 Å². The molecule has 4 heteroatoms. The molecule has 0 bridgehead atoms. The van der Waals surface area contributed by atoms with E-state index in [1.807, 2.05) is 18.0 Å². The third-order valence-corrected chi connectivity index (χ3v) is 3.34. The Kier molecular flexibility index (Phi) is 3.61. The minimum Gasteiger partial charge on any atom is -0.387 e. The highest BCUT2D eigenvalue weighted by molar-refractivity contribution is 5.92. The van der Waals surface area contributed by atoms with Crippen molar-refractivity contribution in [2.24, 2.45) is 0 Å². The van der Waals surface area contributed by atoms with E-state index in [2.05, 4.69) is 17.2 Å². The fourth-order valence-corrected chi connectivity index (χ4v) is 2.22. The zero-order valence-corrected chi connectivity index (χ0v) is 10.4. The Bertz CT molecular complexity index is 388. The van der Waals surface area contributed by atoms with Crippen LogP contribution >= 0.6 is 0 Å². The SMILES string of the molecule is CNc1ccc(C(=O)N2CCCCC2C)nc1. The standard InChI is InChI=1S/C13H19N3O/c1-10-5-3-4-8-16(10)13(17)12-7-6-11(14-2)9-15-12/h6-7,9-10,14H,3-5,8H2,1-2H3. The van der Waals surface area contributed by atoms with Crippen LogP contribution in [0.2, 0.25) is 0 Å². The second-order valence-electron chi connectivity index (χ2n) is 4.53. The van der Waals surface area contributed by atoms with Crippen LogP contribution in [0.5, 0.6) is 0 Å². The largest absolute Gasteiger partial charge is 0.387 e. The fraction of sp³-hybridized carbons (Fsp3) is 0.538. The lowest BCUT2D eigenvalue weighted by Crippen LogP contribution is -2.42. The molecule has 1 fully saturated rings. The number of anilines is 1. The molecule has 17 heavy (non-hydrogen) atoms. The summed E-state index contributed by atoms with van der Waals surface area (Å²) in [5, 5.41) is 2.99. The van der Waals surface area contributed by atoms with E-state index in [-0.39, 0.29) is 5.91 Å². The molecule has 2 heterocycles. The molecule has 0 aliphatic carbocycles. The molecule has 1 aromatic heterocycles. The van der Waals surface area contributed by atoms with Gasteiger partial charge in [0.1, 0.15) is 5.69 Å². The van der Waals surface area contributed by atoms with Crippen molar-refractivity contribution in [1.82, 2.24) is 9.88 Å². The van der Waals surface area contributed by atoms with Gasteiger partial charge < -0.3 is 10.2 Å². The van der Waals surface area contributed by atoms with E-state index < -0.39 is 0 Å². The zero-order valence-electron chi connectivity index (χ0n) is 10.4. The molecular weight excluding hydrogens is 214 g/mol. The lowest BCUT2D eigenvalue weighted by Gasteiger charge is -2.33. The lowest BCUT2D eigenvalue weighted by atomic mass is 10.0. The van der Waals surface area contributed by atoms with Crippen molar-refractivity contribution in [2.75, 3.05) is 18.9 Å². The molecule has 1 unspecified atom stereocenters. The highest BCUT2D eigenvalue weighted by Gasteiger charge is 2.24. The minimum atomic E-state index is 0.0554. The van der Waals surface area contributed by atoms with Gasteiger partial charge in [0.25, 0.3) is 5.91 Å². The number of nitrogens with zero attached hydrogens (tertiary/aromatic N) is 2. The summed E-state index contributed by atoms with van der Waals surface area (Å²) in [6.45, 7) is 2.97. The molecule has 1 saturated heterocycles. The van der Waals surface area contributed by atoms with Gasteiger partial charge in [-0.1, -0.05) is 0 Å². The van der Waals surface area contributed by atoms with Crippen LogP contribution in [0.15, 0.2) is 18.3 Å².